The van der Waals surface area contributed by atoms with Crippen LogP contribution in [0.25, 0.3) is 6.08 Å². The SMILES string of the molecule is C=CCNC(=O)C(C#N)=Cc1ccc(OC(=O)COc2cc(C)c(Br)cc2C(C)C)c(OC)c1. The Hall–Kier alpha value is -3.57. The molecule has 0 aliphatic carbocycles. The Morgan fingerprint density at radius 1 is 1.21 bits per heavy atom. The molecule has 2 aromatic rings. The lowest BCUT2D eigenvalue weighted by Crippen LogP contribution is -2.24. The zero-order valence-electron chi connectivity index (χ0n) is 19.6. The van der Waals surface area contributed by atoms with E-state index in [2.05, 4.69) is 27.8 Å². The van der Waals surface area contributed by atoms with Gasteiger partial charge in [-0.05, 0) is 59.9 Å². The van der Waals surface area contributed by atoms with E-state index in [0.717, 1.165) is 15.6 Å². The Kier molecular flexibility index (Phi) is 9.90. The summed E-state index contributed by atoms with van der Waals surface area (Å²) in [6.45, 7) is 9.52. The molecule has 2 rings (SSSR count). The topological polar surface area (TPSA) is 97.7 Å². The summed E-state index contributed by atoms with van der Waals surface area (Å²) >= 11 is 3.52. The third-order valence-electron chi connectivity index (χ3n) is 4.75. The average Bonchev–Trinajstić information content (AvgIpc) is 2.81. The van der Waals surface area contributed by atoms with Crippen LogP contribution in [0.15, 0.2) is 53.0 Å². The van der Waals surface area contributed by atoms with Gasteiger partial charge in [0.25, 0.3) is 5.91 Å². The fraction of sp³-hybridized carbons (Fsp3) is 0.269. The van der Waals surface area contributed by atoms with Crippen LogP contribution in [-0.4, -0.2) is 32.1 Å². The lowest BCUT2D eigenvalue weighted by molar-refractivity contribution is -0.136. The highest BCUT2D eigenvalue weighted by Crippen LogP contribution is 2.33. The van der Waals surface area contributed by atoms with E-state index in [1.165, 1.54) is 25.3 Å². The molecule has 0 aliphatic heterocycles. The average molecular weight is 527 g/mol. The normalized spacial score (nSPS) is 10.9. The van der Waals surface area contributed by atoms with Crippen LogP contribution in [0.2, 0.25) is 0 Å². The lowest BCUT2D eigenvalue weighted by atomic mass is 10.0. The summed E-state index contributed by atoms with van der Waals surface area (Å²) in [5.41, 5.74) is 2.43. The molecule has 34 heavy (non-hydrogen) atoms. The molecule has 0 heterocycles. The first-order valence-electron chi connectivity index (χ1n) is 10.5. The van der Waals surface area contributed by atoms with Crippen molar-refractivity contribution in [3.63, 3.8) is 0 Å². The van der Waals surface area contributed by atoms with Crippen molar-refractivity contribution in [3.8, 4) is 23.3 Å². The quantitative estimate of drug-likeness (QED) is 0.152. The molecule has 0 aromatic heterocycles. The molecule has 0 saturated carbocycles. The van der Waals surface area contributed by atoms with Crippen molar-refractivity contribution in [2.75, 3.05) is 20.3 Å². The summed E-state index contributed by atoms with van der Waals surface area (Å²) < 4.78 is 17.5. The highest BCUT2D eigenvalue weighted by atomic mass is 79.9. The second kappa shape index (κ2) is 12.6. The molecule has 0 radical (unpaired) electrons. The van der Waals surface area contributed by atoms with Gasteiger partial charge >= 0.3 is 5.97 Å². The van der Waals surface area contributed by atoms with E-state index in [1.54, 1.807) is 12.1 Å². The summed E-state index contributed by atoms with van der Waals surface area (Å²) in [6, 6.07) is 10.4. The number of carbonyl (C=O) groups excluding carboxylic acids is 2. The van der Waals surface area contributed by atoms with E-state index in [1.807, 2.05) is 39.0 Å². The highest BCUT2D eigenvalue weighted by molar-refractivity contribution is 9.10. The number of carbonyl (C=O) groups is 2. The molecular weight excluding hydrogens is 500 g/mol. The van der Waals surface area contributed by atoms with Crippen LogP contribution in [0.5, 0.6) is 17.2 Å². The number of hydrogen-bond acceptors (Lipinski definition) is 6. The van der Waals surface area contributed by atoms with Gasteiger partial charge in [0.15, 0.2) is 18.1 Å². The van der Waals surface area contributed by atoms with E-state index < -0.39 is 11.9 Å². The molecule has 0 bridgehead atoms. The second-order valence-corrected chi connectivity index (χ2v) is 8.49. The number of methoxy groups -OCH3 is 1. The molecule has 0 saturated heterocycles. The van der Waals surface area contributed by atoms with Gasteiger partial charge in [-0.2, -0.15) is 5.26 Å². The van der Waals surface area contributed by atoms with Crippen molar-refractivity contribution < 1.29 is 23.8 Å². The molecule has 0 unspecified atom stereocenters. The van der Waals surface area contributed by atoms with Crippen LogP contribution in [0, 0.1) is 18.3 Å². The van der Waals surface area contributed by atoms with E-state index >= 15 is 0 Å². The Bertz CT molecular complexity index is 1150. The zero-order valence-corrected chi connectivity index (χ0v) is 21.2. The molecule has 7 nitrogen and oxygen atoms in total. The van der Waals surface area contributed by atoms with Gasteiger partial charge in [0, 0.05) is 11.0 Å². The Labute approximate surface area is 208 Å². The minimum Gasteiger partial charge on any atom is -0.493 e. The number of nitriles is 1. The number of rotatable bonds is 10. The molecule has 0 aliphatic rings. The summed E-state index contributed by atoms with van der Waals surface area (Å²) in [5.74, 6) is 0.183. The molecule has 1 amide bonds. The van der Waals surface area contributed by atoms with Gasteiger partial charge in [0.2, 0.25) is 0 Å². The van der Waals surface area contributed by atoms with Crippen molar-refractivity contribution >= 4 is 33.9 Å². The molecule has 8 heteroatoms. The zero-order chi connectivity index (χ0) is 25.3. The third kappa shape index (κ3) is 7.22. The standard InChI is InChI=1S/C26H27BrN2O5/c1-6-9-29-26(31)19(14-28)11-18-7-8-22(24(12-18)32-5)34-25(30)15-33-23-10-17(4)21(27)13-20(23)16(2)3/h6-8,10-13,16H,1,9,15H2,2-5H3,(H,29,31). The maximum atomic E-state index is 12.5. The first-order chi connectivity index (χ1) is 16.2. The first kappa shape index (κ1) is 26.7. The summed E-state index contributed by atoms with van der Waals surface area (Å²) in [7, 11) is 1.43. The van der Waals surface area contributed by atoms with Crippen molar-refractivity contribution in [2.45, 2.75) is 26.7 Å². The number of amides is 1. The van der Waals surface area contributed by atoms with Crippen molar-refractivity contribution in [3.05, 3.63) is 69.7 Å². The number of halogens is 1. The Balaban J connectivity index is 2.14. The number of aryl methyl sites for hydroxylation is 1. The van der Waals surface area contributed by atoms with Gasteiger partial charge in [-0.25, -0.2) is 4.79 Å². The number of nitrogens with zero attached hydrogens (tertiary/aromatic N) is 1. The van der Waals surface area contributed by atoms with Crippen molar-refractivity contribution in [1.82, 2.24) is 5.32 Å². The van der Waals surface area contributed by atoms with Gasteiger partial charge < -0.3 is 19.5 Å². The molecule has 178 valence electrons. The first-order valence-corrected chi connectivity index (χ1v) is 11.3. The minimum atomic E-state index is -0.599. The number of benzene rings is 2. The van der Waals surface area contributed by atoms with Gasteiger partial charge in [0.1, 0.15) is 17.4 Å². The molecule has 2 aromatic carbocycles. The number of nitrogens with one attached hydrogen (secondary N) is 1. The fourth-order valence-corrected chi connectivity index (χ4v) is 3.33. The van der Waals surface area contributed by atoms with Gasteiger partial charge in [-0.3, -0.25) is 4.79 Å². The molecular formula is C26H27BrN2O5. The lowest BCUT2D eigenvalue weighted by Gasteiger charge is -2.16. The minimum absolute atomic E-state index is 0.0761. The van der Waals surface area contributed by atoms with Crippen LogP contribution in [0.3, 0.4) is 0 Å². The van der Waals surface area contributed by atoms with Crippen molar-refractivity contribution in [1.29, 1.82) is 5.26 Å². The van der Waals surface area contributed by atoms with Crippen LogP contribution < -0.4 is 19.5 Å². The predicted octanol–water partition coefficient (Wildman–Crippen LogP) is 5.08. The number of hydrogen-bond donors (Lipinski definition) is 1. The van der Waals surface area contributed by atoms with Crippen molar-refractivity contribution in [2.24, 2.45) is 0 Å². The number of esters is 1. The maximum Gasteiger partial charge on any atom is 0.349 e. The smallest absolute Gasteiger partial charge is 0.349 e. The van der Waals surface area contributed by atoms with Crippen LogP contribution in [0.4, 0.5) is 0 Å². The summed E-state index contributed by atoms with van der Waals surface area (Å²) in [4.78, 5) is 24.5. The third-order valence-corrected chi connectivity index (χ3v) is 5.61. The van der Waals surface area contributed by atoms with E-state index in [0.29, 0.717) is 11.3 Å². The molecule has 0 fully saturated rings. The van der Waals surface area contributed by atoms with E-state index in [4.69, 9.17) is 14.2 Å². The van der Waals surface area contributed by atoms with Crippen LogP contribution >= 0.6 is 15.9 Å². The van der Waals surface area contributed by atoms with Gasteiger partial charge in [0.05, 0.1) is 7.11 Å². The largest absolute Gasteiger partial charge is 0.493 e. The molecule has 1 N–H and O–H groups in total. The molecule has 0 spiro atoms. The highest BCUT2D eigenvalue weighted by Gasteiger charge is 2.16. The van der Waals surface area contributed by atoms with Crippen LogP contribution in [-0.2, 0) is 9.59 Å². The molecule has 0 atom stereocenters. The Morgan fingerprint density at radius 3 is 2.56 bits per heavy atom. The number of ether oxygens (including phenoxy) is 3. The monoisotopic (exact) mass is 526 g/mol. The second-order valence-electron chi connectivity index (χ2n) is 7.64. The van der Waals surface area contributed by atoms with E-state index in [-0.39, 0.29) is 36.1 Å². The summed E-state index contributed by atoms with van der Waals surface area (Å²) in [6.07, 6.45) is 2.93. The van der Waals surface area contributed by atoms with Gasteiger partial charge in [-0.1, -0.05) is 41.9 Å². The fourth-order valence-electron chi connectivity index (χ4n) is 2.97. The Morgan fingerprint density at radius 2 is 1.94 bits per heavy atom. The predicted molar refractivity (Wildman–Crippen MR) is 134 cm³/mol. The van der Waals surface area contributed by atoms with Gasteiger partial charge in [-0.15, -0.1) is 6.58 Å². The van der Waals surface area contributed by atoms with Crippen LogP contribution in [0.1, 0.15) is 36.5 Å². The van der Waals surface area contributed by atoms with E-state index in [9.17, 15) is 14.9 Å². The summed E-state index contributed by atoms with van der Waals surface area (Å²) in [5, 5.41) is 11.8. The maximum absolute atomic E-state index is 12.5.